The first-order valence-corrected chi connectivity index (χ1v) is 8.68. The topological polar surface area (TPSA) is 129 Å². The van der Waals surface area contributed by atoms with E-state index in [2.05, 4.69) is 10.2 Å². The molecule has 0 aliphatic heterocycles. The first kappa shape index (κ1) is 18.6. The van der Waals surface area contributed by atoms with Crippen molar-refractivity contribution in [1.82, 2.24) is 24.3 Å². The molecule has 1 aromatic carbocycles. The Kier molecular flexibility index (Phi) is 4.95. The molecule has 3 rings (SSSR count). The maximum absolute atomic E-state index is 13.1. The van der Waals surface area contributed by atoms with Crippen molar-refractivity contribution >= 4 is 23.4 Å². The van der Waals surface area contributed by atoms with E-state index in [1.807, 2.05) is 4.98 Å². The molecule has 140 valence electrons. The number of carbonyl (C=O) groups is 1. The van der Waals surface area contributed by atoms with Crippen LogP contribution in [0.25, 0.3) is 11.4 Å². The summed E-state index contributed by atoms with van der Waals surface area (Å²) < 4.78 is 15.7. The third-order valence-electron chi connectivity index (χ3n) is 3.92. The lowest BCUT2D eigenvalue weighted by Gasteiger charge is -2.07. The molecule has 0 aliphatic carbocycles. The molecular weight excluding hydrogens is 375 g/mol. The number of carbonyl (C=O) groups excluding carboxylic acids is 1. The smallest absolute Gasteiger partial charge is 0.329 e. The summed E-state index contributed by atoms with van der Waals surface area (Å²) in [6.07, 6.45) is 0. The average Bonchev–Trinajstić information content (AvgIpc) is 2.99. The predicted molar refractivity (Wildman–Crippen MR) is 98.2 cm³/mol. The lowest BCUT2D eigenvalue weighted by Crippen LogP contribution is -2.35. The normalized spacial score (nSPS) is 10.9. The van der Waals surface area contributed by atoms with Gasteiger partial charge in [-0.25, -0.2) is 9.18 Å². The van der Waals surface area contributed by atoms with Gasteiger partial charge in [-0.3, -0.25) is 19.1 Å². The van der Waals surface area contributed by atoms with Gasteiger partial charge in [-0.2, -0.15) is 0 Å². The largest absolute Gasteiger partial charge is 0.384 e. The third-order valence-corrected chi connectivity index (χ3v) is 4.94. The molecule has 2 aromatic heterocycles. The van der Waals surface area contributed by atoms with Crippen LogP contribution in [-0.2, 0) is 14.1 Å². The third kappa shape index (κ3) is 3.53. The van der Waals surface area contributed by atoms with Gasteiger partial charge < -0.3 is 10.3 Å². The number of hydrogen-bond acceptors (Lipinski definition) is 7. The number of aromatic nitrogens is 5. The summed E-state index contributed by atoms with van der Waals surface area (Å²) in [4.78, 5) is 37.9. The minimum Gasteiger partial charge on any atom is -0.384 e. The highest BCUT2D eigenvalue weighted by molar-refractivity contribution is 7.99. The Morgan fingerprint density at radius 3 is 2.52 bits per heavy atom. The zero-order chi connectivity index (χ0) is 19.7. The molecule has 2 heterocycles. The van der Waals surface area contributed by atoms with E-state index in [1.165, 1.54) is 19.2 Å². The van der Waals surface area contributed by atoms with Gasteiger partial charge in [-0.1, -0.05) is 11.8 Å². The highest BCUT2D eigenvalue weighted by atomic mass is 32.2. The molecule has 0 saturated heterocycles. The van der Waals surface area contributed by atoms with Crippen LogP contribution >= 0.6 is 11.8 Å². The van der Waals surface area contributed by atoms with Gasteiger partial charge in [0.1, 0.15) is 17.2 Å². The summed E-state index contributed by atoms with van der Waals surface area (Å²) in [5, 5.41) is 8.49. The van der Waals surface area contributed by atoms with Crippen LogP contribution in [-0.4, -0.2) is 35.9 Å². The first-order chi connectivity index (χ1) is 12.8. The summed E-state index contributed by atoms with van der Waals surface area (Å²) in [5.41, 5.74) is 4.60. The number of hydrogen-bond donors (Lipinski definition) is 2. The zero-order valence-electron chi connectivity index (χ0n) is 14.4. The molecule has 0 spiro atoms. The maximum atomic E-state index is 13.1. The highest BCUT2D eigenvalue weighted by Crippen LogP contribution is 2.23. The molecule has 3 N–H and O–H groups in total. The Morgan fingerprint density at radius 1 is 1.19 bits per heavy atom. The number of Topliss-reactive ketones (excluding diaryl/α,β-unsaturated/α-hetero) is 1. The van der Waals surface area contributed by atoms with E-state index in [0.29, 0.717) is 16.5 Å². The van der Waals surface area contributed by atoms with Gasteiger partial charge in [-0.15, -0.1) is 10.2 Å². The average molecular weight is 390 g/mol. The Morgan fingerprint density at radius 2 is 1.85 bits per heavy atom. The van der Waals surface area contributed by atoms with Crippen molar-refractivity contribution in [3.05, 3.63) is 56.5 Å². The number of thioether (sulfide) groups is 1. The Bertz CT molecular complexity index is 1130. The van der Waals surface area contributed by atoms with E-state index in [1.54, 1.807) is 23.7 Å². The van der Waals surface area contributed by atoms with Gasteiger partial charge in [0.25, 0.3) is 5.56 Å². The molecule has 11 heteroatoms. The molecule has 0 radical (unpaired) electrons. The van der Waals surface area contributed by atoms with E-state index in [9.17, 15) is 18.8 Å². The molecule has 0 amide bonds. The molecule has 27 heavy (non-hydrogen) atoms. The maximum Gasteiger partial charge on any atom is 0.329 e. The van der Waals surface area contributed by atoms with Crippen LogP contribution in [0.1, 0.15) is 10.4 Å². The van der Waals surface area contributed by atoms with Crippen LogP contribution in [0, 0.1) is 5.82 Å². The fraction of sp³-hybridized carbons (Fsp3) is 0.188. The Hall–Kier alpha value is -3.21. The quantitative estimate of drug-likeness (QED) is 0.481. The number of H-pyrrole nitrogens is 1. The van der Waals surface area contributed by atoms with Crippen LogP contribution in [0.5, 0.6) is 0 Å². The standard InChI is InChI=1S/C16H15FN6O3S/c1-22-12(18)11(14(25)19-15(22)26)10(24)7-27-16-21-20-13(23(16)2)8-3-5-9(17)6-4-8/h3-6H,7,18H2,1-2H3,(H,19,25,26). The molecule has 0 bridgehead atoms. The second kappa shape index (κ2) is 7.19. The number of nitrogens with zero attached hydrogens (tertiary/aromatic N) is 4. The van der Waals surface area contributed by atoms with Crippen LogP contribution in [0.2, 0.25) is 0 Å². The van der Waals surface area contributed by atoms with E-state index < -0.39 is 17.0 Å². The van der Waals surface area contributed by atoms with Crippen molar-refractivity contribution in [2.75, 3.05) is 11.5 Å². The molecule has 9 nitrogen and oxygen atoms in total. The monoisotopic (exact) mass is 390 g/mol. The summed E-state index contributed by atoms with van der Waals surface area (Å²) in [6.45, 7) is 0. The lowest BCUT2D eigenvalue weighted by atomic mass is 10.2. The van der Waals surface area contributed by atoms with Crippen molar-refractivity contribution < 1.29 is 9.18 Å². The second-order valence-electron chi connectivity index (χ2n) is 5.66. The zero-order valence-corrected chi connectivity index (χ0v) is 15.2. The Balaban J connectivity index is 1.81. The summed E-state index contributed by atoms with van der Waals surface area (Å²) >= 11 is 1.07. The van der Waals surface area contributed by atoms with Crippen molar-refractivity contribution in [2.24, 2.45) is 14.1 Å². The molecule has 0 atom stereocenters. The highest BCUT2D eigenvalue weighted by Gasteiger charge is 2.20. The number of nitrogens with one attached hydrogen (secondary N) is 1. The van der Waals surface area contributed by atoms with Gasteiger partial charge >= 0.3 is 5.69 Å². The Labute approximate surface area is 156 Å². The summed E-state index contributed by atoms with van der Waals surface area (Å²) in [7, 11) is 3.06. The number of halogens is 1. The molecule has 0 saturated carbocycles. The summed E-state index contributed by atoms with van der Waals surface area (Å²) in [5.74, 6) is -0.716. The molecule has 0 aliphatic rings. The van der Waals surface area contributed by atoms with Gasteiger partial charge in [0, 0.05) is 19.7 Å². The van der Waals surface area contributed by atoms with Crippen LogP contribution < -0.4 is 17.0 Å². The van der Waals surface area contributed by atoms with Gasteiger partial charge in [0.2, 0.25) is 0 Å². The lowest BCUT2D eigenvalue weighted by molar-refractivity contribution is 0.102. The van der Waals surface area contributed by atoms with E-state index in [-0.39, 0.29) is 23.0 Å². The fourth-order valence-corrected chi connectivity index (χ4v) is 3.18. The molecule has 3 aromatic rings. The van der Waals surface area contributed by atoms with Crippen molar-refractivity contribution in [3.63, 3.8) is 0 Å². The van der Waals surface area contributed by atoms with Crippen molar-refractivity contribution in [3.8, 4) is 11.4 Å². The number of nitrogens with two attached hydrogens (primary N) is 1. The molecule has 0 unspecified atom stereocenters. The number of anilines is 1. The van der Waals surface area contributed by atoms with E-state index in [0.717, 1.165) is 16.3 Å². The van der Waals surface area contributed by atoms with Gasteiger partial charge in [0.05, 0.1) is 5.75 Å². The number of benzene rings is 1. The fourth-order valence-electron chi connectivity index (χ4n) is 2.40. The molecular formula is C16H15FN6O3S. The van der Waals surface area contributed by atoms with Crippen molar-refractivity contribution in [2.45, 2.75) is 5.16 Å². The second-order valence-corrected chi connectivity index (χ2v) is 6.60. The number of aromatic amines is 1. The van der Waals surface area contributed by atoms with E-state index in [4.69, 9.17) is 5.73 Å². The van der Waals surface area contributed by atoms with Gasteiger partial charge in [-0.05, 0) is 24.3 Å². The minimum absolute atomic E-state index is 0.124. The number of ketones is 1. The van der Waals surface area contributed by atoms with Crippen LogP contribution in [0.4, 0.5) is 10.2 Å². The predicted octanol–water partition coefficient (Wildman–Crippen LogP) is 0.565. The SMILES string of the molecule is Cn1c(SCC(=O)c2c(N)n(C)c(=O)[nH]c2=O)nnc1-c1ccc(F)cc1. The molecule has 0 fully saturated rings. The summed E-state index contributed by atoms with van der Waals surface area (Å²) in [6, 6.07) is 5.78. The minimum atomic E-state index is -0.828. The van der Waals surface area contributed by atoms with E-state index >= 15 is 0 Å². The van der Waals surface area contributed by atoms with Gasteiger partial charge in [0.15, 0.2) is 16.8 Å². The van der Waals surface area contributed by atoms with Crippen LogP contribution in [0.15, 0.2) is 39.0 Å². The first-order valence-electron chi connectivity index (χ1n) is 7.69. The van der Waals surface area contributed by atoms with Crippen molar-refractivity contribution in [1.29, 1.82) is 0 Å². The number of rotatable bonds is 5. The van der Waals surface area contributed by atoms with Crippen LogP contribution in [0.3, 0.4) is 0 Å². The number of nitrogen functional groups attached to an aromatic ring is 1.